The number of aromatic nitrogens is 2. The van der Waals surface area contributed by atoms with Crippen LogP contribution in [-0.2, 0) is 9.53 Å². The van der Waals surface area contributed by atoms with Crippen molar-refractivity contribution in [3.05, 3.63) is 54.4 Å². The number of rotatable bonds is 12. The summed E-state index contributed by atoms with van der Waals surface area (Å²) in [6.45, 7) is 9.88. The first-order chi connectivity index (χ1) is 18.1. The van der Waals surface area contributed by atoms with Gasteiger partial charge in [0, 0.05) is 50.2 Å². The van der Waals surface area contributed by atoms with E-state index >= 15 is 0 Å². The molecule has 3 aromatic rings. The molecule has 0 bridgehead atoms. The number of nitrogens with one attached hydrogen (secondary N) is 1. The summed E-state index contributed by atoms with van der Waals surface area (Å²) in [6, 6.07) is 14.2. The Labute approximate surface area is 218 Å². The highest BCUT2D eigenvalue weighted by Gasteiger charge is 2.19. The predicted molar refractivity (Wildman–Crippen MR) is 144 cm³/mol. The summed E-state index contributed by atoms with van der Waals surface area (Å²) in [7, 11) is 1.65. The monoisotopic (exact) mass is 507 g/mol. The lowest BCUT2D eigenvalue weighted by atomic mass is 10.1. The molecule has 2 aromatic carbocycles. The molecule has 1 aliphatic heterocycles. The zero-order chi connectivity index (χ0) is 26.0. The molecular formula is C28H37N5O4. The Morgan fingerprint density at radius 2 is 1.81 bits per heavy atom. The van der Waals surface area contributed by atoms with Crippen molar-refractivity contribution in [3.63, 3.8) is 0 Å². The van der Waals surface area contributed by atoms with Crippen LogP contribution in [0.15, 0.2) is 48.8 Å². The molecule has 1 aliphatic rings. The quantitative estimate of drug-likeness (QED) is 0.291. The number of hydrogen-bond donors (Lipinski definition) is 1. The first-order valence-corrected chi connectivity index (χ1v) is 12.9. The Bertz CT molecular complexity index is 1150. The van der Waals surface area contributed by atoms with Gasteiger partial charge in [0.2, 0.25) is 0 Å². The van der Waals surface area contributed by atoms with Gasteiger partial charge in [0.05, 0.1) is 32.4 Å². The van der Waals surface area contributed by atoms with Crippen molar-refractivity contribution in [1.29, 1.82) is 0 Å². The molecule has 1 atom stereocenters. The maximum Gasteiger partial charge on any atom is 0.320 e. The molecule has 1 fully saturated rings. The van der Waals surface area contributed by atoms with E-state index < -0.39 is 0 Å². The van der Waals surface area contributed by atoms with Gasteiger partial charge in [0.15, 0.2) is 11.5 Å². The van der Waals surface area contributed by atoms with Gasteiger partial charge >= 0.3 is 5.97 Å². The molecule has 0 aliphatic carbocycles. The van der Waals surface area contributed by atoms with Crippen LogP contribution >= 0.6 is 0 Å². The summed E-state index contributed by atoms with van der Waals surface area (Å²) < 4.78 is 16.8. The number of piperazine rings is 1. The van der Waals surface area contributed by atoms with Crippen LogP contribution in [0.2, 0.25) is 0 Å². The highest BCUT2D eigenvalue weighted by molar-refractivity contribution is 5.91. The number of benzene rings is 2. The number of hydrogen-bond acceptors (Lipinski definition) is 9. The fourth-order valence-corrected chi connectivity index (χ4v) is 4.51. The highest BCUT2D eigenvalue weighted by Crippen LogP contribution is 2.35. The van der Waals surface area contributed by atoms with Gasteiger partial charge in [0.1, 0.15) is 12.1 Å². The third-order valence-electron chi connectivity index (χ3n) is 6.57. The third kappa shape index (κ3) is 7.30. The fourth-order valence-electron chi connectivity index (χ4n) is 4.51. The second kappa shape index (κ2) is 13.2. The second-order valence-electron chi connectivity index (χ2n) is 9.14. The predicted octanol–water partition coefficient (Wildman–Crippen LogP) is 3.76. The number of carbonyl (C=O) groups is 1. The van der Waals surface area contributed by atoms with Crippen molar-refractivity contribution in [2.24, 2.45) is 0 Å². The van der Waals surface area contributed by atoms with Crippen LogP contribution in [-0.4, -0.2) is 85.3 Å². The molecule has 1 N–H and O–H groups in total. The van der Waals surface area contributed by atoms with Crippen LogP contribution in [0.4, 0.5) is 5.82 Å². The van der Waals surface area contributed by atoms with E-state index in [2.05, 4.69) is 44.1 Å². The van der Waals surface area contributed by atoms with Gasteiger partial charge in [0.25, 0.3) is 0 Å². The first kappa shape index (κ1) is 26.6. The summed E-state index contributed by atoms with van der Waals surface area (Å²) in [5, 5.41) is 4.38. The lowest BCUT2D eigenvalue weighted by Gasteiger charge is -2.34. The molecule has 9 nitrogen and oxygen atoms in total. The average Bonchev–Trinajstić information content (AvgIpc) is 2.92. The second-order valence-corrected chi connectivity index (χ2v) is 9.14. The van der Waals surface area contributed by atoms with Crippen molar-refractivity contribution in [2.45, 2.75) is 26.3 Å². The molecule has 37 heavy (non-hydrogen) atoms. The number of esters is 1. The minimum atomic E-state index is -0.146. The summed E-state index contributed by atoms with van der Waals surface area (Å²) in [6.07, 6.45) is 2.46. The van der Waals surface area contributed by atoms with Crippen LogP contribution in [0.3, 0.4) is 0 Å². The minimum absolute atomic E-state index is 0.0910. The van der Waals surface area contributed by atoms with Crippen molar-refractivity contribution in [3.8, 4) is 11.5 Å². The van der Waals surface area contributed by atoms with Gasteiger partial charge in [-0.15, -0.1) is 0 Å². The number of anilines is 1. The number of fused-ring (bicyclic) bond motifs is 1. The molecule has 2 heterocycles. The first-order valence-electron chi connectivity index (χ1n) is 12.9. The summed E-state index contributed by atoms with van der Waals surface area (Å²) in [5.41, 5.74) is 1.98. The van der Waals surface area contributed by atoms with E-state index in [9.17, 15) is 4.79 Å². The van der Waals surface area contributed by atoms with E-state index in [0.717, 1.165) is 55.9 Å². The largest absolute Gasteiger partial charge is 0.493 e. The van der Waals surface area contributed by atoms with E-state index in [0.29, 0.717) is 31.3 Å². The Morgan fingerprint density at radius 3 is 2.54 bits per heavy atom. The van der Waals surface area contributed by atoms with Crippen molar-refractivity contribution in [2.75, 3.05) is 64.9 Å². The molecule has 4 rings (SSSR count). The van der Waals surface area contributed by atoms with Gasteiger partial charge in [-0.2, -0.15) is 0 Å². The zero-order valence-corrected chi connectivity index (χ0v) is 22.0. The van der Waals surface area contributed by atoms with E-state index in [1.54, 1.807) is 13.4 Å². The molecule has 9 heteroatoms. The Kier molecular flexibility index (Phi) is 9.51. The summed E-state index contributed by atoms with van der Waals surface area (Å²) in [5.74, 6) is 1.95. The maximum absolute atomic E-state index is 11.7. The molecule has 1 unspecified atom stereocenters. The third-order valence-corrected chi connectivity index (χ3v) is 6.57. The lowest BCUT2D eigenvalue weighted by Crippen LogP contribution is -2.48. The minimum Gasteiger partial charge on any atom is -0.493 e. The Hall–Kier alpha value is -3.43. The lowest BCUT2D eigenvalue weighted by molar-refractivity contribution is -0.144. The van der Waals surface area contributed by atoms with Crippen LogP contribution in [0.25, 0.3) is 10.9 Å². The molecular weight excluding hydrogens is 470 g/mol. The molecule has 0 radical (unpaired) electrons. The number of nitrogens with zero attached hydrogens (tertiary/aromatic N) is 4. The normalized spacial score (nSPS) is 15.3. The zero-order valence-electron chi connectivity index (χ0n) is 22.0. The molecule has 1 aromatic heterocycles. The van der Waals surface area contributed by atoms with E-state index in [-0.39, 0.29) is 12.0 Å². The number of methoxy groups -OCH3 is 1. The highest BCUT2D eigenvalue weighted by atomic mass is 16.5. The van der Waals surface area contributed by atoms with Gasteiger partial charge in [-0.3, -0.25) is 9.69 Å². The van der Waals surface area contributed by atoms with Gasteiger partial charge < -0.3 is 24.4 Å². The molecule has 0 amide bonds. The number of carbonyl (C=O) groups excluding carboxylic acids is 1. The van der Waals surface area contributed by atoms with Crippen molar-refractivity contribution in [1.82, 2.24) is 19.8 Å². The van der Waals surface area contributed by atoms with E-state index in [4.69, 9.17) is 14.2 Å². The summed E-state index contributed by atoms with van der Waals surface area (Å²) in [4.78, 5) is 25.2. The van der Waals surface area contributed by atoms with E-state index in [1.165, 1.54) is 5.56 Å². The Morgan fingerprint density at radius 1 is 1.05 bits per heavy atom. The van der Waals surface area contributed by atoms with E-state index in [1.807, 2.05) is 37.3 Å². The molecule has 0 spiro atoms. The molecule has 1 saturated heterocycles. The SMILES string of the molecule is CCOC(=O)CN1CCN(CCCOc2cc3ncnc(NC(C)c4ccccc4)c3cc2OC)CC1. The van der Waals surface area contributed by atoms with Crippen LogP contribution < -0.4 is 14.8 Å². The molecule has 198 valence electrons. The molecule has 0 saturated carbocycles. The fraction of sp³-hybridized carbons (Fsp3) is 0.464. The van der Waals surface area contributed by atoms with Crippen LogP contribution in [0.5, 0.6) is 11.5 Å². The topological polar surface area (TPSA) is 89.1 Å². The van der Waals surface area contributed by atoms with Crippen molar-refractivity contribution < 1.29 is 19.0 Å². The van der Waals surface area contributed by atoms with Gasteiger partial charge in [-0.05, 0) is 31.9 Å². The standard InChI is InChI=1S/C28H37N5O4/c1-4-36-27(34)19-33-14-12-32(13-15-33)11-8-16-37-26-18-24-23(17-25(26)35-3)28(30-20-29-24)31-21(2)22-9-6-5-7-10-22/h5-7,9-10,17-18,20-21H,4,8,11-16,19H2,1-3H3,(H,29,30,31). The van der Waals surface area contributed by atoms with Crippen LogP contribution in [0.1, 0.15) is 31.9 Å². The van der Waals surface area contributed by atoms with Gasteiger partial charge in [-0.25, -0.2) is 9.97 Å². The van der Waals surface area contributed by atoms with Crippen molar-refractivity contribution >= 4 is 22.7 Å². The van der Waals surface area contributed by atoms with Gasteiger partial charge in [-0.1, -0.05) is 30.3 Å². The maximum atomic E-state index is 11.7. The Balaban J connectivity index is 1.31. The smallest absolute Gasteiger partial charge is 0.320 e. The average molecular weight is 508 g/mol. The van der Waals surface area contributed by atoms with Crippen LogP contribution in [0, 0.1) is 0 Å². The summed E-state index contributed by atoms with van der Waals surface area (Å²) >= 11 is 0. The number of ether oxygens (including phenoxy) is 3.